The molecule has 0 aromatic heterocycles. The average Bonchev–Trinajstić information content (AvgIpc) is 2.33. The molecule has 1 aliphatic rings. The molecule has 2 N–H and O–H groups in total. The molecule has 92 valence electrons. The van der Waals surface area contributed by atoms with E-state index in [0.29, 0.717) is 12.3 Å². The van der Waals surface area contributed by atoms with E-state index in [0.717, 1.165) is 31.6 Å². The van der Waals surface area contributed by atoms with Crippen molar-refractivity contribution < 1.29 is 4.79 Å². The molecular weight excluding hydrogens is 212 g/mol. The van der Waals surface area contributed by atoms with Gasteiger partial charge in [0.05, 0.1) is 0 Å². The number of carbonyl (C=O) groups excluding carboxylic acids is 1. The minimum Gasteiger partial charge on any atom is -0.326 e. The van der Waals surface area contributed by atoms with E-state index < -0.39 is 0 Å². The lowest BCUT2D eigenvalue weighted by Gasteiger charge is -2.21. The summed E-state index contributed by atoms with van der Waals surface area (Å²) in [5.41, 5.74) is 2.11. The summed E-state index contributed by atoms with van der Waals surface area (Å²) in [6.07, 6.45) is 2.87. The Hall–Kier alpha value is -1.35. The Morgan fingerprint density at radius 1 is 1.29 bits per heavy atom. The van der Waals surface area contributed by atoms with E-state index in [2.05, 4.69) is 10.6 Å². The maximum absolute atomic E-state index is 11.8. The van der Waals surface area contributed by atoms with Crippen LogP contribution in [-0.4, -0.2) is 19.0 Å². The zero-order chi connectivity index (χ0) is 12.1. The van der Waals surface area contributed by atoms with Crippen LogP contribution in [0.25, 0.3) is 0 Å². The van der Waals surface area contributed by atoms with Crippen molar-refractivity contribution in [2.75, 3.05) is 18.4 Å². The molecule has 0 bridgehead atoms. The van der Waals surface area contributed by atoms with Gasteiger partial charge in [-0.2, -0.15) is 0 Å². The van der Waals surface area contributed by atoms with Gasteiger partial charge in [0.15, 0.2) is 0 Å². The van der Waals surface area contributed by atoms with Gasteiger partial charge in [-0.05, 0) is 50.9 Å². The molecule has 1 saturated heterocycles. The van der Waals surface area contributed by atoms with Crippen molar-refractivity contribution in [1.29, 1.82) is 0 Å². The first-order valence-electron chi connectivity index (χ1n) is 6.31. The SMILES string of the molecule is Cc1ccc(NC(=O)CC2CCNCC2)cc1. The number of benzene rings is 1. The molecule has 0 radical (unpaired) electrons. The average molecular weight is 232 g/mol. The third kappa shape index (κ3) is 3.86. The second-order valence-electron chi connectivity index (χ2n) is 4.81. The predicted molar refractivity (Wildman–Crippen MR) is 70.0 cm³/mol. The summed E-state index contributed by atoms with van der Waals surface area (Å²) in [6, 6.07) is 7.94. The second kappa shape index (κ2) is 5.82. The third-order valence-corrected chi connectivity index (χ3v) is 3.27. The maximum atomic E-state index is 11.8. The summed E-state index contributed by atoms with van der Waals surface area (Å²) in [5.74, 6) is 0.683. The lowest BCUT2D eigenvalue weighted by molar-refractivity contribution is -0.117. The van der Waals surface area contributed by atoms with Crippen LogP contribution in [-0.2, 0) is 4.79 Å². The van der Waals surface area contributed by atoms with E-state index in [9.17, 15) is 4.79 Å². The Labute approximate surface area is 103 Å². The lowest BCUT2D eigenvalue weighted by atomic mass is 9.94. The zero-order valence-electron chi connectivity index (χ0n) is 10.3. The van der Waals surface area contributed by atoms with Crippen LogP contribution in [0.4, 0.5) is 5.69 Å². The Balaban J connectivity index is 1.82. The van der Waals surface area contributed by atoms with E-state index in [1.54, 1.807) is 0 Å². The van der Waals surface area contributed by atoms with Crippen LogP contribution in [0.3, 0.4) is 0 Å². The minimum atomic E-state index is 0.140. The first kappa shape index (κ1) is 12.1. The summed E-state index contributed by atoms with van der Waals surface area (Å²) in [4.78, 5) is 11.8. The van der Waals surface area contributed by atoms with Gasteiger partial charge in [0, 0.05) is 12.1 Å². The molecule has 1 aliphatic heterocycles. The molecule has 1 heterocycles. The molecule has 1 aromatic carbocycles. The Bertz CT molecular complexity index is 366. The molecule has 0 spiro atoms. The summed E-state index contributed by atoms with van der Waals surface area (Å²) < 4.78 is 0. The van der Waals surface area contributed by atoms with Gasteiger partial charge in [0.1, 0.15) is 0 Å². The molecule has 17 heavy (non-hydrogen) atoms. The van der Waals surface area contributed by atoms with Crippen LogP contribution >= 0.6 is 0 Å². The van der Waals surface area contributed by atoms with Crippen LogP contribution in [0.15, 0.2) is 24.3 Å². The van der Waals surface area contributed by atoms with Gasteiger partial charge in [-0.25, -0.2) is 0 Å². The van der Waals surface area contributed by atoms with Crippen LogP contribution in [0.5, 0.6) is 0 Å². The van der Waals surface area contributed by atoms with E-state index >= 15 is 0 Å². The number of aryl methyl sites for hydroxylation is 1. The standard InChI is InChI=1S/C14H20N2O/c1-11-2-4-13(5-3-11)16-14(17)10-12-6-8-15-9-7-12/h2-5,12,15H,6-10H2,1H3,(H,16,17). The number of hydrogen-bond acceptors (Lipinski definition) is 2. The Morgan fingerprint density at radius 2 is 1.94 bits per heavy atom. The number of amides is 1. The van der Waals surface area contributed by atoms with Crippen LogP contribution in [0.2, 0.25) is 0 Å². The maximum Gasteiger partial charge on any atom is 0.224 e. The normalized spacial score (nSPS) is 16.8. The quantitative estimate of drug-likeness (QED) is 0.839. The number of carbonyl (C=O) groups is 1. The van der Waals surface area contributed by atoms with Crippen molar-refractivity contribution >= 4 is 11.6 Å². The summed E-state index contributed by atoms with van der Waals surface area (Å²) in [7, 11) is 0. The number of rotatable bonds is 3. The molecule has 3 heteroatoms. The highest BCUT2D eigenvalue weighted by Gasteiger charge is 2.16. The molecule has 0 atom stereocenters. The highest BCUT2D eigenvalue weighted by atomic mass is 16.1. The predicted octanol–water partition coefficient (Wildman–Crippen LogP) is 2.32. The van der Waals surface area contributed by atoms with Gasteiger partial charge in [-0.15, -0.1) is 0 Å². The van der Waals surface area contributed by atoms with Crippen molar-refractivity contribution in [1.82, 2.24) is 5.32 Å². The third-order valence-electron chi connectivity index (χ3n) is 3.27. The highest BCUT2D eigenvalue weighted by Crippen LogP contribution is 2.17. The fourth-order valence-corrected chi connectivity index (χ4v) is 2.20. The van der Waals surface area contributed by atoms with Crippen LogP contribution in [0.1, 0.15) is 24.8 Å². The molecule has 0 saturated carbocycles. The molecule has 0 aliphatic carbocycles. The van der Waals surface area contributed by atoms with Crippen molar-refractivity contribution in [2.45, 2.75) is 26.2 Å². The molecule has 1 fully saturated rings. The molecule has 3 nitrogen and oxygen atoms in total. The van der Waals surface area contributed by atoms with Crippen LogP contribution in [0, 0.1) is 12.8 Å². The van der Waals surface area contributed by atoms with Gasteiger partial charge < -0.3 is 10.6 Å². The molecular formula is C14H20N2O. The first-order valence-corrected chi connectivity index (χ1v) is 6.31. The van der Waals surface area contributed by atoms with Gasteiger partial charge in [-0.1, -0.05) is 17.7 Å². The summed E-state index contributed by atoms with van der Waals surface area (Å²) in [5, 5.41) is 6.27. The molecule has 1 amide bonds. The van der Waals surface area contributed by atoms with Gasteiger partial charge >= 0.3 is 0 Å². The molecule has 0 unspecified atom stereocenters. The largest absolute Gasteiger partial charge is 0.326 e. The fourth-order valence-electron chi connectivity index (χ4n) is 2.20. The van der Waals surface area contributed by atoms with Gasteiger partial charge in [0.25, 0.3) is 0 Å². The smallest absolute Gasteiger partial charge is 0.224 e. The Morgan fingerprint density at radius 3 is 2.59 bits per heavy atom. The number of piperidine rings is 1. The van der Waals surface area contributed by atoms with E-state index in [-0.39, 0.29) is 5.91 Å². The van der Waals surface area contributed by atoms with E-state index in [1.807, 2.05) is 31.2 Å². The summed E-state index contributed by atoms with van der Waals surface area (Å²) in [6.45, 7) is 4.13. The van der Waals surface area contributed by atoms with E-state index in [1.165, 1.54) is 5.56 Å². The first-order chi connectivity index (χ1) is 8.24. The van der Waals surface area contributed by atoms with Crippen molar-refractivity contribution in [3.05, 3.63) is 29.8 Å². The topological polar surface area (TPSA) is 41.1 Å². The molecule has 1 aromatic rings. The lowest BCUT2D eigenvalue weighted by Crippen LogP contribution is -2.30. The highest BCUT2D eigenvalue weighted by molar-refractivity contribution is 5.90. The number of anilines is 1. The van der Waals surface area contributed by atoms with Crippen molar-refractivity contribution in [2.24, 2.45) is 5.92 Å². The molecule has 2 rings (SSSR count). The van der Waals surface area contributed by atoms with Crippen LogP contribution < -0.4 is 10.6 Å². The second-order valence-corrected chi connectivity index (χ2v) is 4.81. The van der Waals surface area contributed by atoms with E-state index in [4.69, 9.17) is 0 Å². The minimum absolute atomic E-state index is 0.140. The Kier molecular flexibility index (Phi) is 4.15. The number of hydrogen-bond donors (Lipinski definition) is 2. The monoisotopic (exact) mass is 232 g/mol. The zero-order valence-corrected chi connectivity index (χ0v) is 10.3. The number of nitrogens with one attached hydrogen (secondary N) is 2. The van der Waals surface area contributed by atoms with Crippen molar-refractivity contribution in [3.8, 4) is 0 Å². The van der Waals surface area contributed by atoms with Crippen molar-refractivity contribution in [3.63, 3.8) is 0 Å². The fraction of sp³-hybridized carbons (Fsp3) is 0.500. The summed E-state index contributed by atoms with van der Waals surface area (Å²) >= 11 is 0. The van der Waals surface area contributed by atoms with Gasteiger partial charge in [-0.3, -0.25) is 4.79 Å². The van der Waals surface area contributed by atoms with Gasteiger partial charge in [0.2, 0.25) is 5.91 Å².